The van der Waals surface area contributed by atoms with Crippen molar-refractivity contribution in [1.29, 1.82) is 0 Å². The van der Waals surface area contributed by atoms with E-state index in [1.54, 1.807) is 11.1 Å². The van der Waals surface area contributed by atoms with Crippen LogP contribution in [-0.4, -0.2) is 0 Å². The van der Waals surface area contributed by atoms with Crippen LogP contribution < -0.4 is 9.80 Å². The summed E-state index contributed by atoms with van der Waals surface area (Å²) in [5.74, 6) is 0. The van der Waals surface area contributed by atoms with Crippen LogP contribution in [-0.2, 0) is 32.1 Å². The third-order valence-electron chi connectivity index (χ3n) is 14.6. The minimum absolute atomic E-state index is 1.08. The third-order valence-corrected chi connectivity index (χ3v) is 14.6. The Morgan fingerprint density at radius 3 is 0.884 bits per heavy atom. The van der Waals surface area contributed by atoms with Crippen molar-refractivity contribution < 1.29 is 0 Å². The molecule has 0 unspecified atom stereocenters. The van der Waals surface area contributed by atoms with Crippen molar-refractivity contribution in [3.05, 3.63) is 239 Å². The summed E-state index contributed by atoms with van der Waals surface area (Å²) in [4.78, 5) is 4.67. The van der Waals surface area contributed by atoms with E-state index in [2.05, 4.69) is 218 Å². The molecule has 350 valence electrons. The standard InChI is InChI=1S/C67H72N2/c1-52-47-58-49-59-48-53(2)57(30-18-10-6-4-8-16-28-55-41-45-65(46-42-55)69(62-35-23-13-24-36-62)63-37-25-14-26-38-63)51-67(59)66(58)50-56(52)29-17-9-5-3-7-15-27-54-39-43-64(44-40-54)68(60-31-19-11-20-32-60)61-33-21-12-22-34-61/h11-14,19-26,31-48,50-51H,3-10,15-18,27-30,49H2,1-2H3. The molecule has 0 spiro atoms. The normalized spacial score (nSPS) is 11.6. The quantitative estimate of drug-likeness (QED) is 0.0558. The van der Waals surface area contributed by atoms with Gasteiger partial charge < -0.3 is 9.80 Å². The summed E-state index contributed by atoms with van der Waals surface area (Å²) in [6, 6.07) is 71.3. The summed E-state index contributed by atoms with van der Waals surface area (Å²) in [6.45, 7) is 4.68. The van der Waals surface area contributed by atoms with E-state index in [4.69, 9.17) is 0 Å². The smallest absolute Gasteiger partial charge is 0.0461 e. The van der Waals surface area contributed by atoms with Crippen molar-refractivity contribution in [3.8, 4) is 11.1 Å². The maximum Gasteiger partial charge on any atom is 0.0461 e. The molecule has 1 aliphatic carbocycles. The predicted octanol–water partition coefficient (Wildman–Crippen LogP) is 19.1. The number of rotatable bonds is 24. The highest BCUT2D eigenvalue weighted by Gasteiger charge is 2.22. The van der Waals surface area contributed by atoms with Gasteiger partial charge in [0.15, 0.2) is 0 Å². The molecule has 8 aromatic carbocycles. The SMILES string of the molecule is Cc1cc2c(cc1CCCCCCCCc1ccc(N(c3ccccc3)c3ccccc3)cc1)-c1cc(CCCCCCCCc3ccc(N(c4ccccc4)c4ccccc4)cc3)c(C)cc1C2. The van der Waals surface area contributed by atoms with Crippen LogP contribution in [0.2, 0.25) is 0 Å². The van der Waals surface area contributed by atoms with Gasteiger partial charge in [0.1, 0.15) is 0 Å². The lowest BCUT2D eigenvalue weighted by atomic mass is 9.93. The van der Waals surface area contributed by atoms with Crippen molar-refractivity contribution in [2.75, 3.05) is 9.80 Å². The number of benzene rings is 8. The Kier molecular flexibility index (Phi) is 16.5. The van der Waals surface area contributed by atoms with Crippen molar-refractivity contribution in [2.24, 2.45) is 0 Å². The van der Waals surface area contributed by atoms with E-state index in [9.17, 15) is 0 Å². The Labute approximate surface area is 414 Å². The van der Waals surface area contributed by atoms with Crippen LogP contribution >= 0.6 is 0 Å². The summed E-state index contributed by atoms with van der Waals surface area (Å²) in [6.07, 6.45) is 21.4. The van der Waals surface area contributed by atoms with Gasteiger partial charge in [-0.25, -0.2) is 0 Å². The Bertz CT molecular complexity index is 2520. The van der Waals surface area contributed by atoms with Gasteiger partial charge in [-0.2, -0.15) is 0 Å². The van der Waals surface area contributed by atoms with Gasteiger partial charge in [0, 0.05) is 34.1 Å². The third kappa shape index (κ3) is 12.5. The summed E-state index contributed by atoms with van der Waals surface area (Å²) >= 11 is 0. The van der Waals surface area contributed by atoms with E-state index >= 15 is 0 Å². The molecule has 69 heavy (non-hydrogen) atoms. The van der Waals surface area contributed by atoms with Crippen molar-refractivity contribution in [3.63, 3.8) is 0 Å². The molecule has 0 atom stereocenters. The van der Waals surface area contributed by atoms with Crippen LogP contribution in [0.25, 0.3) is 11.1 Å². The van der Waals surface area contributed by atoms with E-state index in [1.165, 1.54) is 169 Å². The Morgan fingerprint density at radius 1 is 0.290 bits per heavy atom. The maximum atomic E-state index is 2.57. The molecule has 9 rings (SSSR count). The van der Waals surface area contributed by atoms with Crippen molar-refractivity contribution in [2.45, 2.75) is 123 Å². The highest BCUT2D eigenvalue weighted by atomic mass is 15.1. The van der Waals surface area contributed by atoms with E-state index < -0.39 is 0 Å². The van der Waals surface area contributed by atoms with Gasteiger partial charge in [0.2, 0.25) is 0 Å². The molecule has 0 aromatic heterocycles. The predicted molar refractivity (Wildman–Crippen MR) is 297 cm³/mol. The molecular weight excluding hydrogens is 833 g/mol. The van der Waals surface area contributed by atoms with Crippen molar-refractivity contribution in [1.82, 2.24) is 0 Å². The first-order valence-corrected chi connectivity index (χ1v) is 26.3. The monoisotopic (exact) mass is 905 g/mol. The molecule has 0 saturated carbocycles. The molecule has 0 heterocycles. The fraction of sp³-hybridized carbons (Fsp3) is 0.284. The number of hydrogen-bond acceptors (Lipinski definition) is 2. The Hall–Kier alpha value is -6.64. The number of aryl methyl sites for hydroxylation is 6. The van der Waals surface area contributed by atoms with E-state index in [-0.39, 0.29) is 0 Å². The molecule has 0 saturated heterocycles. The first kappa shape index (κ1) is 47.4. The van der Waals surface area contributed by atoms with Gasteiger partial charge in [0.05, 0.1) is 0 Å². The molecule has 0 bridgehead atoms. The van der Waals surface area contributed by atoms with Gasteiger partial charge in [-0.3, -0.25) is 0 Å². The van der Waals surface area contributed by atoms with Crippen LogP contribution in [0, 0.1) is 13.8 Å². The largest absolute Gasteiger partial charge is 0.311 e. The molecule has 0 amide bonds. The molecule has 1 aliphatic rings. The number of unbranched alkanes of at least 4 members (excludes halogenated alkanes) is 10. The number of anilines is 6. The first-order valence-electron chi connectivity index (χ1n) is 26.3. The van der Waals surface area contributed by atoms with Crippen LogP contribution in [0.3, 0.4) is 0 Å². The maximum absolute atomic E-state index is 2.57. The number of hydrogen-bond donors (Lipinski definition) is 0. The molecule has 8 aromatic rings. The second-order valence-electron chi connectivity index (χ2n) is 19.6. The first-order chi connectivity index (χ1) is 34.1. The van der Waals surface area contributed by atoms with Crippen LogP contribution in [0.15, 0.2) is 194 Å². The van der Waals surface area contributed by atoms with Crippen LogP contribution in [0.4, 0.5) is 34.1 Å². The van der Waals surface area contributed by atoms with E-state index in [0.29, 0.717) is 0 Å². The minimum Gasteiger partial charge on any atom is -0.311 e. The molecule has 0 radical (unpaired) electrons. The van der Waals surface area contributed by atoms with E-state index in [1.807, 2.05) is 0 Å². The molecule has 0 aliphatic heterocycles. The lowest BCUT2D eigenvalue weighted by Crippen LogP contribution is -2.09. The molecule has 0 fully saturated rings. The number of para-hydroxylation sites is 4. The van der Waals surface area contributed by atoms with Gasteiger partial charge in [-0.15, -0.1) is 0 Å². The Morgan fingerprint density at radius 2 is 0.565 bits per heavy atom. The zero-order valence-electron chi connectivity index (χ0n) is 41.4. The molecule has 2 nitrogen and oxygen atoms in total. The van der Waals surface area contributed by atoms with Crippen LogP contribution in [0.5, 0.6) is 0 Å². The van der Waals surface area contributed by atoms with Crippen molar-refractivity contribution >= 4 is 34.1 Å². The fourth-order valence-corrected chi connectivity index (χ4v) is 10.7. The van der Waals surface area contributed by atoms with Crippen LogP contribution in [0.1, 0.15) is 122 Å². The zero-order chi connectivity index (χ0) is 47.0. The molecular formula is C67H72N2. The second kappa shape index (κ2) is 24.1. The highest BCUT2D eigenvalue weighted by Crippen LogP contribution is 2.41. The second-order valence-corrected chi connectivity index (χ2v) is 19.6. The molecule has 2 heteroatoms. The highest BCUT2D eigenvalue weighted by molar-refractivity contribution is 5.80. The van der Waals surface area contributed by atoms with Gasteiger partial charge in [0.25, 0.3) is 0 Å². The minimum atomic E-state index is 1.08. The van der Waals surface area contributed by atoms with E-state index in [0.717, 1.165) is 19.3 Å². The topological polar surface area (TPSA) is 6.48 Å². The molecule has 0 N–H and O–H groups in total. The summed E-state index contributed by atoms with van der Waals surface area (Å²) in [5.41, 5.74) is 22.1. The Balaban J connectivity index is 0.672. The summed E-state index contributed by atoms with van der Waals surface area (Å²) < 4.78 is 0. The van der Waals surface area contributed by atoms with Gasteiger partial charge in [-0.1, -0.05) is 173 Å². The van der Waals surface area contributed by atoms with Gasteiger partial charge >= 0.3 is 0 Å². The number of nitrogens with zero attached hydrogens (tertiary/aromatic N) is 2. The fourth-order valence-electron chi connectivity index (χ4n) is 10.7. The summed E-state index contributed by atoms with van der Waals surface area (Å²) in [5, 5.41) is 0. The lowest BCUT2D eigenvalue weighted by Gasteiger charge is -2.25. The number of fused-ring (bicyclic) bond motifs is 3. The van der Waals surface area contributed by atoms with Gasteiger partial charge in [-0.05, 0) is 200 Å². The lowest BCUT2D eigenvalue weighted by molar-refractivity contribution is 0.593. The summed E-state index contributed by atoms with van der Waals surface area (Å²) in [7, 11) is 0. The average Bonchev–Trinajstić information content (AvgIpc) is 3.72. The average molecular weight is 905 g/mol. The zero-order valence-corrected chi connectivity index (χ0v) is 41.4.